The molecule has 2 nitrogen and oxygen atoms in total. The van der Waals surface area contributed by atoms with E-state index in [0.717, 1.165) is 21.3 Å². The Kier molecular flexibility index (Phi) is 3.82. The van der Waals surface area contributed by atoms with Gasteiger partial charge in [0.2, 0.25) is 0 Å². The molecule has 0 N–H and O–H groups in total. The second-order valence-corrected chi connectivity index (χ2v) is 6.30. The number of benzene rings is 1. The smallest absolute Gasteiger partial charge is 0.176 e. The Bertz CT molecular complexity index is 606. The first-order valence-electron chi connectivity index (χ1n) is 6.21. The first-order valence-corrected chi connectivity index (χ1v) is 7.88. The summed E-state index contributed by atoms with van der Waals surface area (Å²) >= 11 is 4.89. The van der Waals surface area contributed by atoms with Crippen molar-refractivity contribution in [3.05, 3.63) is 56.2 Å². The van der Waals surface area contributed by atoms with E-state index in [4.69, 9.17) is 4.74 Å². The van der Waals surface area contributed by atoms with E-state index in [1.165, 1.54) is 16.9 Å². The fraction of sp³-hybridized carbons (Fsp3) is 0.267. The number of Topliss-reactive ketones (excluding diaryl/α,β-unsaturated/α-hetero) is 1. The quantitative estimate of drug-likeness (QED) is 0.776. The molecule has 1 aliphatic rings. The van der Waals surface area contributed by atoms with Crippen LogP contribution in [0.3, 0.4) is 0 Å². The Labute approximate surface area is 124 Å². The molecule has 3 rings (SSSR count). The van der Waals surface area contributed by atoms with Gasteiger partial charge in [0.05, 0.1) is 17.6 Å². The second kappa shape index (κ2) is 5.57. The first kappa shape index (κ1) is 13.0. The molecule has 1 aromatic heterocycles. The highest BCUT2D eigenvalue weighted by atomic mass is 79.9. The van der Waals surface area contributed by atoms with Crippen molar-refractivity contribution in [2.45, 2.75) is 18.9 Å². The molecule has 0 saturated carbocycles. The summed E-state index contributed by atoms with van der Waals surface area (Å²) in [6.07, 6.45) is 1.24. The lowest BCUT2D eigenvalue weighted by molar-refractivity contribution is 0.0353. The van der Waals surface area contributed by atoms with E-state index in [0.29, 0.717) is 13.0 Å². The minimum Gasteiger partial charge on any atom is -0.373 e. The number of thiophene rings is 1. The van der Waals surface area contributed by atoms with E-state index in [1.54, 1.807) is 0 Å². The molecule has 2 aromatic rings. The van der Waals surface area contributed by atoms with Gasteiger partial charge >= 0.3 is 0 Å². The van der Waals surface area contributed by atoms with E-state index in [9.17, 15) is 4.79 Å². The average molecular weight is 337 g/mol. The number of ketones is 1. The molecule has 0 bridgehead atoms. The van der Waals surface area contributed by atoms with Crippen molar-refractivity contribution in [3.63, 3.8) is 0 Å². The van der Waals surface area contributed by atoms with Gasteiger partial charge in [-0.3, -0.25) is 4.79 Å². The number of rotatable bonds is 3. The van der Waals surface area contributed by atoms with Gasteiger partial charge in [-0.25, -0.2) is 0 Å². The summed E-state index contributed by atoms with van der Waals surface area (Å²) < 4.78 is 6.66. The molecule has 0 spiro atoms. The molecule has 4 heteroatoms. The Balaban J connectivity index is 1.82. The molecule has 1 aliphatic heterocycles. The van der Waals surface area contributed by atoms with Gasteiger partial charge in [0, 0.05) is 10.9 Å². The van der Waals surface area contributed by atoms with Crippen molar-refractivity contribution >= 4 is 33.0 Å². The monoisotopic (exact) mass is 336 g/mol. The van der Waals surface area contributed by atoms with Crippen molar-refractivity contribution in [1.29, 1.82) is 0 Å². The molecule has 2 heterocycles. The fourth-order valence-electron chi connectivity index (χ4n) is 2.40. The molecule has 19 heavy (non-hydrogen) atoms. The first-order chi connectivity index (χ1) is 9.25. The predicted molar refractivity (Wildman–Crippen MR) is 79.8 cm³/mol. The Morgan fingerprint density at radius 1 is 1.37 bits per heavy atom. The number of halogens is 1. The molecule has 1 atom stereocenters. The van der Waals surface area contributed by atoms with Crippen LogP contribution in [0.1, 0.15) is 33.3 Å². The molecular formula is C15H13BrO2S. The lowest BCUT2D eigenvalue weighted by Crippen LogP contribution is -2.18. The maximum absolute atomic E-state index is 12.3. The molecule has 0 fully saturated rings. The summed E-state index contributed by atoms with van der Waals surface area (Å²) in [5, 5.41) is 1.92. The lowest BCUT2D eigenvalue weighted by atomic mass is 9.94. The van der Waals surface area contributed by atoms with Crippen molar-refractivity contribution < 1.29 is 9.53 Å². The Morgan fingerprint density at radius 2 is 2.21 bits per heavy atom. The molecule has 1 aromatic carbocycles. The SMILES string of the molecule is O=C(CC1OCCc2ccccc21)c1sccc1Br. The van der Waals surface area contributed by atoms with Crippen molar-refractivity contribution in [1.82, 2.24) is 0 Å². The number of hydrogen-bond donors (Lipinski definition) is 0. The van der Waals surface area contributed by atoms with Crippen LogP contribution in [0.2, 0.25) is 0 Å². The van der Waals surface area contributed by atoms with Gasteiger partial charge in [0.25, 0.3) is 0 Å². The minimum absolute atomic E-state index is 0.105. The van der Waals surface area contributed by atoms with E-state index >= 15 is 0 Å². The third kappa shape index (κ3) is 2.66. The molecular weight excluding hydrogens is 324 g/mol. The van der Waals surface area contributed by atoms with Crippen LogP contribution in [0.25, 0.3) is 0 Å². The van der Waals surface area contributed by atoms with Crippen LogP contribution in [-0.2, 0) is 11.2 Å². The topological polar surface area (TPSA) is 26.3 Å². The van der Waals surface area contributed by atoms with Gasteiger partial charge in [0.15, 0.2) is 5.78 Å². The highest BCUT2D eigenvalue weighted by Gasteiger charge is 2.24. The fourth-order valence-corrected chi connectivity index (χ4v) is 3.94. The average Bonchev–Trinajstić information content (AvgIpc) is 2.85. The highest BCUT2D eigenvalue weighted by molar-refractivity contribution is 9.10. The number of hydrogen-bond acceptors (Lipinski definition) is 3. The number of ether oxygens (including phenoxy) is 1. The van der Waals surface area contributed by atoms with Crippen LogP contribution in [0.15, 0.2) is 40.2 Å². The zero-order valence-electron chi connectivity index (χ0n) is 10.3. The van der Waals surface area contributed by atoms with Crippen LogP contribution in [0.5, 0.6) is 0 Å². The molecule has 0 saturated heterocycles. The van der Waals surface area contributed by atoms with E-state index < -0.39 is 0 Å². The van der Waals surface area contributed by atoms with Crippen LogP contribution >= 0.6 is 27.3 Å². The molecule has 0 radical (unpaired) electrons. The van der Waals surface area contributed by atoms with Gasteiger partial charge in [-0.15, -0.1) is 11.3 Å². The molecule has 0 amide bonds. The standard InChI is InChI=1S/C15H13BrO2S/c16-12-6-8-19-15(12)13(17)9-14-11-4-2-1-3-10(11)5-7-18-14/h1-4,6,8,14H,5,7,9H2. The number of carbonyl (C=O) groups excluding carboxylic acids is 1. The van der Waals surface area contributed by atoms with Gasteiger partial charge in [0.1, 0.15) is 0 Å². The largest absolute Gasteiger partial charge is 0.373 e. The predicted octanol–water partition coefficient (Wildman–Crippen LogP) is 4.40. The van der Waals surface area contributed by atoms with Gasteiger partial charge < -0.3 is 4.74 Å². The molecule has 1 unspecified atom stereocenters. The van der Waals surface area contributed by atoms with E-state index in [1.807, 2.05) is 23.6 Å². The number of fused-ring (bicyclic) bond motifs is 1. The molecule has 98 valence electrons. The third-order valence-corrected chi connectivity index (χ3v) is 5.21. The summed E-state index contributed by atoms with van der Waals surface area (Å²) in [4.78, 5) is 13.1. The summed E-state index contributed by atoms with van der Waals surface area (Å²) in [7, 11) is 0. The maximum Gasteiger partial charge on any atom is 0.176 e. The summed E-state index contributed by atoms with van der Waals surface area (Å²) in [5.74, 6) is 0.142. The van der Waals surface area contributed by atoms with Crippen molar-refractivity contribution in [2.24, 2.45) is 0 Å². The summed E-state index contributed by atoms with van der Waals surface area (Å²) in [5.41, 5.74) is 2.46. The van der Waals surface area contributed by atoms with Gasteiger partial charge in [-0.05, 0) is 44.9 Å². The third-order valence-electron chi connectivity index (χ3n) is 3.33. The van der Waals surface area contributed by atoms with Crippen LogP contribution in [-0.4, -0.2) is 12.4 Å². The van der Waals surface area contributed by atoms with Crippen LogP contribution < -0.4 is 0 Å². The highest BCUT2D eigenvalue weighted by Crippen LogP contribution is 2.32. The second-order valence-electron chi connectivity index (χ2n) is 4.53. The lowest BCUT2D eigenvalue weighted by Gasteiger charge is -2.25. The van der Waals surface area contributed by atoms with Gasteiger partial charge in [-0.2, -0.15) is 0 Å². The molecule has 0 aliphatic carbocycles. The van der Waals surface area contributed by atoms with E-state index in [2.05, 4.69) is 28.1 Å². The zero-order chi connectivity index (χ0) is 13.2. The Hall–Kier alpha value is -0.970. The zero-order valence-corrected chi connectivity index (χ0v) is 12.7. The van der Waals surface area contributed by atoms with Crippen LogP contribution in [0.4, 0.5) is 0 Å². The summed E-state index contributed by atoms with van der Waals surface area (Å²) in [6, 6.07) is 10.1. The normalized spacial score (nSPS) is 18.1. The van der Waals surface area contributed by atoms with Gasteiger partial charge in [-0.1, -0.05) is 24.3 Å². The Morgan fingerprint density at radius 3 is 3.00 bits per heavy atom. The minimum atomic E-state index is -0.105. The maximum atomic E-state index is 12.3. The van der Waals surface area contributed by atoms with Crippen molar-refractivity contribution in [2.75, 3.05) is 6.61 Å². The van der Waals surface area contributed by atoms with E-state index in [-0.39, 0.29) is 11.9 Å². The number of carbonyl (C=O) groups is 1. The summed E-state index contributed by atoms with van der Waals surface area (Å²) in [6.45, 7) is 0.695. The van der Waals surface area contributed by atoms with Crippen LogP contribution in [0, 0.1) is 0 Å². The van der Waals surface area contributed by atoms with Crippen molar-refractivity contribution in [3.8, 4) is 0 Å².